The first kappa shape index (κ1) is 26.3. The highest BCUT2D eigenvalue weighted by molar-refractivity contribution is 7.98. The minimum absolute atomic E-state index is 0.0119. The molecule has 3 aromatic carbocycles. The zero-order valence-corrected chi connectivity index (χ0v) is 22.0. The lowest BCUT2D eigenvalue weighted by Crippen LogP contribution is -2.49. The number of carbonyl (C=O) groups is 1. The number of ether oxygens (including phenoxy) is 1. The van der Waals surface area contributed by atoms with E-state index in [1.807, 2.05) is 35.2 Å². The van der Waals surface area contributed by atoms with Crippen molar-refractivity contribution < 1.29 is 22.7 Å². The largest absolute Gasteiger partial charge is 0.490 e. The van der Waals surface area contributed by atoms with E-state index < -0.39 is 11.7 Å². The van der Waals surface area contributed by atoms with Gasteiger partial charge >= 0.3 is 6.18 Å². The van der Waals surface area contributed by atoms with Gasteiger partial charge in [-0.2, -0.15) is 13.2 Å². The third-order valence-corrected chi connectivity index (χ3v) is 8.68. The number of hydrogen-bond donors (Lipinski definition) is 0. The van der Waals surface area contributed by atoms with Crippen LogP contribution in [0.15, 0.2) is 71.6 Å². The van der Waals surface area contributed by atoms with Crippen LogP contribution >= 0.6 is 35.0 Å². The molecule has 1 amide bonds. The van der Waals surface area contributed by atoms with E-state index in [2.05, 4.69) is 0 Å². The highest BCUT2D eigenvalue weighted by Crippen LogP contribution is 2.39. The summed E-state index contributed by atoms with van der Waals surface area (Å²) >= 11 is 13.9. The zero-order valence-electron chi connectivity index (χ0n) is 19.7. The second-order valence-corrected chi connectivity index (χ2v) is 11.3. The van der Waals surface area contributed by atoms with Crippen LogP contribution in [-0.4, -0.2) is 29.0 Å². The van der Waals surface area contributed by atoms with Crippen LogP contribution in [0.2, 0.25) is 10.0 Å². The van der Waals surface area contributed by atoms with Gasteiger partial charge in [0.2, 0.25) is 0 Å². The average Bonchev–Trinajstić information content (AvgIpc) is 3.14. The SMILES string of the molecule is O=C(c1ccc(CSc2cc(Cl)ccc2Cl)cc1)N1[C@H]2CC[C@H]1CC(Oc1cccc(C(F)(F)F)c1)C2. The fraction of sp³-hybridized carbons (Fsp3) is 0.321. The van der Waals surface area contributed by atoms with Crippen LogP contribution in [0.3, 0.4) is 0 Å². The van der Waals surface area contributed by atoms with Gasteiger partial charge in [-0.1, -0.05) is 41.4 Å². The molecule has 2 bridgehead atoms. The van der Waals surface area contributed by atoms with E-state index in [0.717, 1.165) is 35.4 Å². The summed E-state index contributed by atoms with van der Waals surface area (Å²) in [6, 6.07) is 18.0. The molecule has 37 heavy (non-hydrogen) atoms. The molecule has 2 aliphatic rings. The van der Waals surface area contributed by atoms with Gasteiger partial charge in [0, 0.05) is 46.2 Å². The Labute approximate surface area is 227 Å². The van der Waals surface area contributed by atoms with Crippen molar-refractivity contribution in [1.82, 2.24) is 4.90 Å². The van der Waals surface area contributed by atoms with Gasteiger partial charge in [0.15, 0.2) is 0 Å². The number of rotatable bonds is 6. The number of carbonyl (C=O) groups excluding carboxylic acids is 1. The molecule has 0 saturated carbocycles. The number of piperidine rings is 1. The van der Waals surface area contributed by atoms with Gasteiger partial charge in [-0.3, -0.25) is 4.79 Å². The normalized spacial score (nSPS) is 21.2. The molecule has 0 unspecified atom stereocenters. The Morgan fingerprint density at radius 2 is 1.68 bits per heavy atom. The number of halogens is 5. The molecule has 0 aliphatic carbocycles. The van der Waals surface area contributed by atoms with E-state index in [1.54, 1.807) is 30.0 Å². The second-order valence-electron chi connectivity index (χ2n) is 9.39. The summed E-state index contributed by atoms with van der Waals surface area (Å²) in [7, 11) is 0. The van der Waals surface area contributed by atoms with Crippen molar-refractivity contribution in [2.75, 3.05) is 0 Å². The zero-order chi connectivity index (χ0) is 26.2. The lowest BCUT2D eigenvalue weighted by Gasteiger charge is -2.39. The monoisotopic (exact) mass is 565 g/mol. The Kier molecular flexibility index (Phi) is 7.66. The molecule has 2 heterocycles. The summed E-state index contributed by atoms with van der Waals surface area (Å²) < 4.78 is 45.1. The van der Waals surface area contributed by atoms with Crippen LogP contribution < -0.4 is 4.74 Å². The highest BCUT2D eigenvalue weighted by atomic mass is 35.5. The van der Waals surface area contributed by atoms with Crippen molar-refractivity contribution in [1.29, 1.82) is 0 Å². The predicted octanol–water partition coefficient (Wildman–Crippen LogP) is 8.52. The lowest BCUT2D eigenvalue weighted by molar-refractivity contribution is -0.137. The molecule has 3 aromatic rings. The molecule has 2 fully saturated rings. The maximum atomic E-state index is 13.4. The Morgan fingerprint density at radius 1 is 0.973 bits per heavy atom. The van der Waals surface area contributed by atoms with Crippen LogP contribution in [0.1, 0.15) is 47.2 Å². The van der Waals surface area contributed by atoms with Crippen molar-refractivity contribution in [3.8, 4) is 5.75 Å². The summed E-state index contributed by atoms with van der Waals surface area (Å²) in [5.41, 5.74) is 0.968. The van der Waals surface area contributed by atoms with Crippen LogP contribution in [0.25, 0.3) is 0 Å². The van der Waals surface area contributed by atoms with Gasteiger partial charge in [-0.25, -0.2) is 0 Å². The summed E-state index contributed by atoms with van der Waals surface area (Å²) in [6.45, 7) is 0. The number of benzene rings is 3. The van der Waals surface area contributed by atoms with E-state index in [4.69, 9.17) is 27.9 Å². The molecule has 2 aliphatic heterocycles. The van der Waals surface area contributed by atoms with E-state index in [-0.39, 0.29) is 29.8 Å². The minimum Gasteiger partial charge on any atom is -0.490 e. The summed E-state index contributed by atoms with van der Waals surface area (Å²) in [4.78, 5) is 16.2. The smallest absolute Gasteiger partial charge is 0.416 e. The fourth-order valence-electron chi connectivity index (χ4n) is 5.13. The highest BCUT2D eigenvalue weighted by Gasteiger charge is 2.44. The summed E-state index contributed by atoms with van der Waals surface area (Å²) in [6.07, 6.45) is -1.68. The number of hydrogen-bond acceptors (Lipinski definition) is 3. The van der Waals surface area contributed by atoms with E-state index in [0.29, 0.717) is 34.2 Å². The second kappa shape index (κ2) is 10.8. The first-order chi connectivity index (χ1) is 17.7. The van der Waals surface area contributed by atoms with Crippen LogP contribution in [0.4, 0.5) is 13.2 Å². The van der Waals surface area contributed by atoms with Gasteiger partial charge in [0.1, 0.15) is 11.9 Å². The van der Waals surface area contributed by atoms with Crippen molar-refractivity contribution in [3.05, 3.63) is 93.5 Å². The Morgan fingerprint density at radius 3 is 2.35 bits per heavy atom. The number of nitrogens with zero attached hydrogens (tertiary/aromatic N) is 1. The molecule has 3 nitrogen and oxygen atoms in total. The van der Waals surface area contributed by atoms with Gasteiger partial charge in [-0.15, -0.1) is 11.8 Å². The van der Waals surface area contributed by atoms with Crippen molar-refractivity contribution in [2.24, 2.45) is 0 Å². The van der Waals surface area contributed by atoms with Crippen LogP contribution in [0, 0.1) is 0 Å². The third-order valence-electron chi connectivity index (χ3n) is 6.88. The van der Waals surface area contributed by atoms with Gasteiger partial charge in [-0.05, 0) is 66.9 Å². The van der Waals surface area contributed by atoms with Crippen LogP contribution in [0.5, 0.6) is 5.75 Å². The first-order valence-corrected chi connectivity index (χ1v) is 13.7. The molecule has 194 valence electrons. The first-order valence-electron chi connectivity index (χ1n) is 12.0. The third kappa shape index (κ3) is 6.05. The molecule has 5 rings (SSSR count). The molecule has 2 saturated heterocycles. The van der Waals surface area contributed by atoms with Gasteiger partial charge in [0.25, 0.3) is 5.91 Å². The number of thioether (sulfide) groups is 1. The van der Waals surface area contributed by atoms with Crippen LogP contribution in [-0.2, 0) is 11.9 Å². The maximum absolute atomic E-state index is 13.4. The summed E-state index contributed by atoms with van der Waals surface area (Å²) in [5.74, 6) is 0.895. The maximum Gasteiger partial charge on any atom is 0.416 e. The van der Waals surface area contributed by atoms with E-state index in [9.17, 15) is 18.0 Å². The summed E-state index contributed by atoms with van der Waals surface area (Å²) in [5, 5.41) is 1.28. The molecule has 9 heteroatoms. The molecular weight excluding hydrogens is 542 g/mol. The molecular formula is C28H24Cl2F3NO2S. The number of amides is 1. The Hall–Kier alpha value is -2.35. The van der Waals surface area contributed by atoms with Crippen molar-refractivity contribution in [2.45, 2.75) is 60.7 Å². The van der Waals surface area contributed by atoms with E-state index in [1.165, 1.54) is 6.07 Å². The minimum atomic E-state index is -4.41. The Balaban J connectivity index is 1.20. The number of alkyl halides is 3. The van der Waals surface area contributed by atoms with Crippen molar-refractivity contribution >= 4 is 40.9 Å². The molecule has 0 spiro atoms. The number of fused-ring (bicyclic) bond motifs is 2. The fourth-order valence-corrected chi connectivity index (χ4v) is 6.58. The van der Waals surface area contributed by atoms with Gasteiger partial charge in [0.05, 0.1) is 10.6 Å². The molecule has 0 aromatic heterocycles. The molecule has 2 atom stereocenters. The lowest BCUT2D eigenvalue weighted by atomic mass is 9.98. The quantitative estimate of drug-likeness (QED) is 0.280. The standard InChI is InChI=1S/C28H24Cl2F3NO2S/c29-20-8-11-25(30)26(13-20)37-16-17-4-6-18(7-5-17)27(35)34-21-9-10-22(34)15-24(14-21)36-23-3-1-2-19(12-23)28(31,32)33/h1-8,11-13,21-22,24H,9-10,14-16H2/t21-,22-/m0/s1. The average molecular weight is 566 g/mol. The van der Waals surface area contributed by atoms with Crippen molar-refractivity contribution in [3.63, 3.8) is 0 Å². The molecule has 0 radical (unpaired) electrons. The van der Waals surface area contributed by atoms with E-state index >= 15 is 0 Å². The predicted molar refractivity (Wildman–Crippen MR) is 141 cm³/mol. The van der Waals surface area contributed by atoms with Gasteiger partial charge < -0.3 is 9.64 Å². The molecule has 0 N–H and O–H groups in total. The Bertz CT molecular complexity index is 1270. The topological polar surface area (TPSA) is 29.5 Å².